The summed E-state index contributed by atoms with van der Waals surface area (Å²) < 4.78 is 13.7. The van der Waals surface area contributed by atoms with E-state index in [-0.39, 0.29) is 5.91 Å². The first-order valence-electron chi connectivity index (χ1n) is 10.6. The van der Waals surface area contributed by atoms with Crippen molar-refractivity contribution in [1.82, 2.24) is 9.47 Å². The molecule has 0 bridgehead atoms. The van der Waals surface area contributed by atoms with Crippen LogP contribution in [-0.4, -0.2) is 41.7 Å². The number of amides is 1. The average molecular weight is 412 g/mol. The molecule has 1 aromatic heterocycles. The highest BCUT2D eigenvalue weighted by atomic mass is 16.5. The predicted octanol–water partition coefficient (Wildman–Crippen LogP) is 4.95. The molecule has 0 radical (unpaired) electrons. The van der Waals surface area contributed by atoms with Crippen LogP contribution in [0.2, 0.25) is 0 Å². The third kappa shape index (κ3) is 4.05. The summed E-state index contributed by atoms with van der Waals surface area (Å²) in [5, 5.41) is 0.973. The van der Waals surface area contributed by atoms with Crippen LogP contribution in [0.3, 0.4) is 0 Å². The minimum absolute atomic E-state index is 0.0621. The molecular formula is C26H24N2O3. The topological polar surface area (TPSA) is 43.7 Å². The van der Waals surface area contributed by atoms with Gasteiger partial charge in [-0.3, -0.25) is 4.79 Å². The van der Waals surface area contributed by atoms with E-state index in [4.69, 9.17) is 9.47 Å². The molecule has 5 nitrogen and oxygen atoms in total. The van der Waals surface area contributed by atoms with E-state index < -0.39 is 0 Å². The highest BCUT2D eigenvalue weighted by Crippen LogP contribution is 2.29. The molecule has 0 aliphatic carbocycles. The average Bonchev–Trinajstić information content (AvgIpc) is 3.19. The Labute approximate surface area is 181 Å². The largest absolute Gasteiger partial charge is 0.457 e. The number of para-hydroxylation sites is 3. The van der Waals surface area contributed by atoms with Crippen LogP contribution in [0.4, 0.5) is 0 Å². The fourth-order valence-electron chi connectivity index (χ4n) is 4.02. The lowest BCUT2D eigenvalue weighted by Crippen LogP contribution is -2.40. The molecule has 5 heteroatoms. The second-order valence-electron chi connectivity index (χ2n) is 7.62. The normalized spacial score (nSPS) is 14.0. The first-order valence-corrected chi connectivity index (χ1v) is 10.6. The standard InChI is InChI=1S/C26H24N2O3/c29-26(27-14-16-30-17-15-27)23-19-28(24-12-6-5-11-22(23)24)18-20-8-4-7-13-25(20)31-21-9-2-1-3-10-21/h1-13,19H,14-18H2. The fourth-order valence-corrected chi connectivity index (χ4v) is 4.02. The molecule has 31 heavy (non-hydrogen) atoms. The van der Waals surface area contributed by atoms with Crippen molar-refractivity contribution in [1.29, 1.82) is 0 Å². The number of aromatic nitrogens is 1. The zero-order valence-corrected chi connectivity index (χ0v) is 17.2. The van der Waals surface area contributed by atoms with Crippen LogP contribution in [0.25, 0.3) is 10.9 Å². The molecule has 2 heterocycles. The number of carbonyl (C=O) groups is 1. The van der Waals surface area contributed by atoms with Gasteiger partial charge in [0, 0.05) is 35.8 Å². The van der Waals surface area contributed by atoms with Crippen LogP contribution in [-0.2, 0) is 11.3 Å². The SMILES string of the molecule is O=C(c1cn(Cc2ccccc2Oc2ccccc2)c2ccccc12)N1CCOCC1. The molecule has 5 rings (SSSR count). The Morgan fingerprint density at radius 1 is 0.871 bits per heavy atom. The highest BCUT2D eigenvalue weighted by molar-refractivity contribution is 6.07. The van der Waals surface area contributed by atoms with Crippen molar-refractivity contribution in [2.75, 3.05) is 26.3 Å². The Balaban J connectivity index is 1.49. The monoisotopic (exact) mass is 412 g/mol. The molecule has 156 valence electrons. The fraction of sp³-hybridized carbons (Fsp3) is 0.192. The van der Waals surface area contributed by atoms with E-state index >= 15 is 0 Å². The number of hydrogen-bond donors (Lipinski definition) is 0. The van der Waals surface area contributed by atoms with Crippen LogP contribution in [0.1, 0.15) is 15.9 Å². The van der Waals surface area contributed by atoms with E-state index in [0.717, 1.165) is 33.5 Å². The van der Waals surface area contributed by atoms with Gasteiger partial charge < -0.3 is 18.9 Å². The molecule has 1 amide bonds. The van der Waals surface area contributed by atoms with Crippen LogP contribution < -0.4 is 4.74 Å². The Morgan fingerprint density at radius 2 is 1.58 bits per heavy atom. The van der Waals surface area contributed by atoms with Crippen molar-refractivity contribution < 1.29 is 14.3 Å². The van der Waals surface area contributed by atoms with E-state index in [0.29, 0.717) is 32.8 Å². The molecule has 1 fully saturated rings. The molecule has 3 aromatic carbocycles. The van der Waals surface area contributed by atoms with Crippen molar-refractivity contribution >= 4 is 16.8 Å². The maximum Gasteiger partial charge on any atom is 0.256 e. The molecular weight excluding hydrogens is 388 g/mol. The summed E-state index contributed by atoms with van der Waals surface area (Å²) in [6.45, 7) is 3.06. The molecule has 4 aromatic rings. The lowest BCUT2D eigenvalue weighted by Gasteiger charge is -2.26. The quantitative estimate of drug-likeness (QED) is 0.466. The van der Waals surface area contributed by atoms with Crippen molar-refractivity contribution in [2.24, 2.45) is 0 Å². The maximum atomic E-state index is 13.2. The van der Waals surface area contributed by atoms with Crippen LogP contribution >= 0.6 is 0 Å². The van der Waals surface area contributed by atoms with Crippen molar-refractivity contribution in [3.05, 3.63) is 96.2 Å². The molecule has 0 saturated carbocycles. The Morgan fingerprint density at radius 3 is 2.42 bits per heavy atom. The van der Waals surface area contributed by atoms with Gasteiger partial charge in [0.15, 0.2) is 0 Å². The smallest absolute Gasteiger partial charge is 0.256 e. The number of ether oxygens (including phenoxy) is 2. The minimum atomic E-state index is 0.0621. The summed E-state index contributed by atoms with van der Waals surface area (Å²) in [5.41, 5.74) is 2.82. The second kappa shape index (κ2) is 8.66. The highest BCUT2D eigenvalue weighted by Gasteiger charge is 2.22. The summed E-state index contributed by atoms with van der Waals surface area (Å²) in [6, 6.07) is 25.9. The molecule has 1 saturated heterocycles. The summed E-state index contributed by atoms with van der Waals surface area (Å²) in [4.78, 5) is 15.1. The molecule has 1 aliphatic heterocycles. The zero-order valence-electron chi connectivity index (χ0n) is 17.2. The minimum Gasteiger partial charge on any atom is -0.457 e. The van der Waals surface area contributed by atoms with Crippen LogP contribution in [0, 0.1) is 0 Å². The second-order valence-corrected chi connectivity index (χ2v) is 7.62. The van der Waals surface area contributed by atoms with Crippen molar-refractivity contribution in [2.45, 2.75) is 6.54 Å². The van der Waals surface area contributed by atoms with Gasteiger partial charge in [0.05, 0.1) is 25.3 Å². The first-order chi connectivity index (χ1) is 15.3. The van der Waals surface area contributed by atoms with E-state index in [1.807, 2.05) is 77.8 Å². The van der Waals surface area contributed by atoms with E-state index in [1.165, 1.54) is 0 Å². The summed E-state index contributed by atoms with van der Waals surface area (Å²) in [7, 11) is 0. The first kappa shape index (κ1) is 19.4. The van der Waals surface area contributed by atoms with Gasteiger partial charge in [-0.1, -0.05) is 54.6 Å². The Hall–Kier alpha value is -3.57. The van der Waals surface area contributed by atoms with Crippen LogP contribution in [0.5, 0.6) is 11.5 Å². The number of nitrogens with zero attached hydrogens (tertiary/aromatic N) is 2. The van der Waals surface area contributed by atoms with E-state index in [9.17, 15) is 4.79 Å². The van der Waals surface area contributed by atoms with Gasteiger partial charge in [0.1, 0.15) is 11.5 Å². The molecule has 1 aliphatic rings. The number of hydrogen-bond acceptors (Lipinski definition) is 3. The third-order valence-electron chi connectivity index (χ3n) is 5.60. The van der Waals surface area contributed by atoms with Gasteiger partial charge in [0.2, 0.25) is 0 Å². The number of morpholine rings is 1. The maximum absolute atomic E-state index is 13.2. The number of benzene rings is 3. The summed E-state index contributed by atoms with van der Waals surface area (Å²) in [6.07, 6.45) is 1.97. The number of rotatable bonds is 5. The van der Waals surface area contributed by atoms with E-state index in [2.05, 4.69) is 16.7 Å². The van der Waals surface area contributed by atoms with Gasteiger partial charge in [-0.2, -0.15) is 0 Å². The third-order valence-corrected chi connectivity index (χ3v) is 5.60. The molecule has 0 N–H and O–H groups in total. The number of carbonyl (C=O) groups excluding carboxylic acids is 1. The molecule has 0 unspecified atom stereocenters. The number of fused-ring (bicyclic) bond motifs is 1. The Kier molecular flexibility index (Phi) is 5.42. The molecule has 0 atom stereocenters. The van der Waals surface area contributed by atoms with Gasteiger partial charge in [0.25, 0.3) is 5.91 Å². The lowest BCUT2D eigenvalue weighted by molar-refractivity contribution is 0.0304. The van der Waals surface area contributed by atoms with E-state index in [1.54, 1.807) is 0 Å². The van der Waals surface area contributed by atoms with Crippen molar-refractivity contribution in [3.63, 3.8) is 0 Å². The zero-order chi connectivity index (χ0) is 21.0. The van der Waals surface area contributed by atoms with Crippen LogP contribution in [0.15, 0.2) is 85.1 Å². The van der Waals surface area contributed by atoms with Gasteiger partial charge in [-0.25, -0.2) is 0 Å². The Bertz CT molecular complexity index is 1190. The van der Waals surface area contributed by atoms with Gasteiger partial charge in [-0.15, -0.1) is 0 Å². The summed E-state index contributed by atoms with van der Waals surface area (Å²) in [5.74, 6) is 1.68. The van der Waals surface area contributed by atoms with Gasteiger partial charge in [-0.05, 0) is 24.3 Å². The molecule has 0 spiro atoms. The van der Waals surface area contributed by atoms with Gasteiger partial charge >= 0.3 is 0 Å². The predicted molar refractivity (Wildman–Crippen MR) is 121 cm³/mol. The lowest BCUT2D eigenvalue weighted by atomic mass is 10.1. The van der Waals surface area contributed by atoms with Crippen molar-refractivity contribution in [3.8, 4) is 11.5 Å². The summed E-state index contributed by atoms with van der Waals surface area (Å²) >= 11 is 0.